The van der Waals surface area contributed by atoms with E-state index in [1.54, 1.807) is 0 Å². The molecule has 11 aromatic carbocycles. The number of benzene rings is 11. The molecule has 0 atom stereocenters. The van der Waals surface area contributed by atoms with Gasteiger partial charge in [0.15, 0.2) is 0 Å². The number of nitrogens with zero attached hydrogens (tertiary/aromatic N) is 2. The van der Waals surface area contributed by atoms with E-state index in [0.717, 1.165) is 34.1 Å². The molecule has 0 heterocycles. The Bertz CT molecular complexity index is 3810. The minimum absolute atomic E-state index is 0.0889. The fourth-order valence-corrected chi connectivity index (χ4v) is 11.5. The van der Waals surface area contributed by atoms with Crippen LogP contribution in [0.5, 0.6) is 0 Å². The van der Waals surface area contributed by atoms with E-state index in [1.165, 1.54) is 88.0 Å². The van der Waals surface area contributed by atoms with E-state index >= 15 is 0 Å². The molecule has 0 unspecified atom stereocenters. The minimum Gasteiger partial charge on any atom is -0.310 e. The smallest absolute Gasteiger partial charge is 0.0468 e. The highest BCUT2D eigenvalue weighted by atomic mass is 15.1. The summed E-state index contributed by atoms with van der Waals surface area (Å²) in [7, 11) is 0. The summed E-state index contributed by atoms with van der Waals surface area (Å²) in [6, 6.07) is 85.6. The van der Waals surface area contributed by atoms with Crippen LogP contribution in [0.4, 0.5) is 34.1 Å². The zero-order chi connectivity index (χ0) is 45.7. The third-order valence-corrected chi connectivity index (χ3v) is 15.1. The molecule has 0 radical (unpaired) electrons. The van der Waals surface area contributed by atoms with Crippen LogP contribution >= 0.6 is 0 Å². The maximum atomic E-state index is 2.43. The molecule has 13 rings (SSSR count). The van der Waals surface area contributed by atoms with Crippen LogP contribution < -0.4 is 9.80 Å². The summed E-state index contributed by atoms with van der Waals surface area (Å²) in [6.07, 6.45) is 0. The molecule has 0 amide bonds. The number of fused-ring (bicyclic) bond motifs is 9. The third kappa shape index (κ3) is 6.32. The van der Waals surface area contributed by atoms with Gasteiger partial charge < -0.3 is 9.80 Å². The Balaban J connectivity index is 0.866. The zero-order valence-corrected chi connectivity index (χ0v) is 38.8. The fraction of sp³-hybridized carbons (Fsp3) is 0.0909. The topological polar surface area (TPSA) is 6.48 Å². The molecule has 0 fully saturated rings. The van der Waals surface area contributed by atoms with E-state index in [2.05, 4.69) is 268 Å². The third-order valence-electron chi connectivity index (χ3n) is 15.1. The second-order valence-electron chi connectivity index (χ2n) is 19.8. The number of anilines is 6. The molecule has 2 nitrogen and oxygen atoms in total. The van der Waals surface area contributed by atoms with Gasteiger partial charge in [-0.1, -0.05) is 161 Å². The van der Waals surface area contributed by atoms with Crippen molar-refractivity contribution in [1.82, 2.24) is 0 Å². The maximum absolute atomic E-state index is 2.43. The lowest BCUT2D eigenvalue weighted by Crippen LogP contribution is -2.16. The average molecular weight is 871 g/mol. The number of para-hydroxylation sites is 2. The quantitative estimate of drug-likeness (QED) is 0.147. The van der Waals surface area contributed by atoms with E-state index in [1.807, 2.05) is 0 Å². The normalized spacial score (nSPS) is 13.8. The van der Waals surface area contributed by atoms with Gasteiger partial charge in [-0.3, -0.25) is 0 Å². The van der Waals surface area contributed by atoms with E-state index in [0.29, 0.717) is 0 Å². The van der Waals surface area contributed by atoms with Gasteiger partial charge in [-0.05, 0) is 185 Å². The van der Waals surface area contributed by atoms with Crippen molar-refractivity contribution in [1.29, 1.82) is 0 Å². The highest BCUT2D eigenvalue weighted by molar-refractivity contribution is 6.02. The summed E-state index contributed by atoms with van der Waals surface area (Å²) < 4.78 is 0. The first-order valence-corrected chi connectivity index (χ1v) is 23.9. The van der Waals surface area contributed by atoms with Gasteiger partial charge in [-0.15, -0.1) is 0 Å². The maximum Gasteiger partial charge on any atom is 0.0468 e. The summed E-state index contributed by atoms with van der Waals surface area (Å²) >= 11 is 0. The number of hydrogen-bond donors (Lipinski definition) is 0. The lowest BCUT2D eigenvalue weighted by molar-refractivity contribution is 0.660. The molecule has 324 valence electrons. The summed E-state index contributed by atoms with van der Waals surface area (Å²) in [6.45, 7) is 9.48. The summed E-state index contributed by atoms with van der Waals surface area (Å²) in [5.41, 5.74) is 19.8. The predicted molar refractivity (Wildman–Crippen MR) is 289 cm³/mol. The molecule has 2 aliphatic carbocycles. The van der Waals surface area contributed by atoms with Crippen LogP contribution in [-0.4, -0.2) is 0 Å². The van der Waals surface area contributed by atoms with Crippen LogP contribution in [0.15, 0.2) is 231 Å². The van der Waals surface area contributed by atoms with Crippen molar-refractivity contribution >= 4 is 66.4 Å². The van der Waals surface area contributed by atoms with Gasteiger partial charge >= 0.3 is 0 Å². The van der Waals surface area contributed by atoms with Crippen LogP contribution in [0, 0.1) is 0 Å². The molecule has 0 saturated carbocycles. The van der Waals surface area contributed by atoms with Crippen LogP contribution in [0.1, 0.15) is 49.9 Å². The Morgan fingerprint density at radius 3 is 1.21 bits per heavy atom. The lowest BCUT2D eigenvalue weighted by Gasteiger charge is -2.28. The molecule has 0 aliphatic heterocycles. The fourth-order valence-electron chi connectivity index (χ4n) is 11.5. The van der Waals surface area contributed by atoms with E-state index in [9.17, 15) is 0 Å². The molecule has 0 spiro atoms. The summed E-state index contributed by atoms with van der Waals surface area (Å²) in [4.78, 5) is 4.82. The minimum atomic E-state index is -0.184. The van der Waals surface area contributed by atoms with Crippen molar-refractivity contribution in [3.05, 3.63) is 253 Å². The second kappa shape index (κ2) is 15.2. The van der Waals surface area contributed by atoms with Crippen LogP contribution in [0.3, 0.4) is 0 Å². The number of rotatable bonds is 7. The van der Waals surface area contributed by atoms with Gasteiger partial charge in [0.2, 0.25) is 0 Å². The summed E-state index contributed by atoms with van der Waals surface area (Å²) in [5.74, 6) is 0. The first-order valence-electron chi connectivity index (χ1n) is 23.9. The van der Waals surface area contributed by atoms with E-state index in [4.69, 9.17) is 0 Å². The molecule has 0 bridgehead atoms. The van der Waals surface area contributed by atoms with Crippen molar-refractivity contribution in [2.45, 2.75) is 38.5 Å². The Morgan fingerprint density at radius 1 is 0.235 bits per heavy atom. The first-order chi connectivity index (χ1) is 33.2. The number of hydrogen-bond acceptors (Lipinski definition) is 2. The van der Waals surface area contributed by atoms with Crippen molar-refractivity contribution in [2.24, 2.45) is 0 Å². The van der Waals surface area contributed by atoms with E-state index < -0.39 is 0 Å². The molecule has 0 N–H and O–H groups in total. The van der Waals surface area contributed by atoms with Crippen molar-refractivity contribution < 1.29 is 0 Å². The van der Waals surface area contributed by atoms with Gasteiger partial charge in [0.05, 0.1) is 0 Å². The van der Waals surface area contributed by atoms with Crippen LogP contribution in [-0.2, 0) is 10.8 Å². The Morgan fingerprint density at radius 2 is 0.618 bits per heavy atom. The predicted octanol–water partition coefficient (Wildman–Crippen LogP) is 18.4. The largest absolute Gasteiger partial charge is 0.310 e. The molecule has 0 saturated heterocycles. The zero-order valence-electron chi connectivity index (χ0n) is 38.8. The molecular weight excluding hydrogens is 821 g/mol. The molecule has 2 heteroatoms. The second-order valence-corrected chi connectivity index (χ2v) is 19.8. The molecule has 0 aromatic heterocycles. The highest BCUT2D eigenvalue weighted by Gasteiger charge is 2.37. The van der Waals surface area contributed by atoms with Gasteiger partial charge in [-0.2, -0.15) is 0 Å². The highest BCUT2D eigenvalue weighted by Crippen LogP contribution is 2.53. The molecule has 2 aliphatic rings. The summed E-state index contributed by atoms with van der Waals surface area (Å²) in [5, 5.41) is 7.37. The van der Waals surface area contributed by atoms with E-state index in [-0.39, 0.29) is 10.8 Å². The first kappa shape index (κ1) is 40.1. The van der Waals surface area contributed by atoms with Crippen LogP contribution in [0.25, 0.3) is 65.7 Å². The Labute approximate surface area is 399 Å². The van der Waals surface area contributed by atoms with Gasteiger partial charge in [0.1, 0.15) is 0 Å². The molecular formula is C66H50N2. The van der Waals surface area contributed by atoms with Gasteiger partial charge in [-0.25, -0.2) is 0 Å². The molecule has 11 aromatic rings. The van der Waals surface area contributed by atoms with Gasteiger partial charge in [0, 0.05) is 45.0 Å². The Hall–Kier alpha value is -8.20. The Kier molecular flexibility index (Phi) is 8.95. The van der Waals surface area contributed by atoms with Crippen molar-refractivity contribution in [3.63, 3.8) is 0 Å². The average Bonchev–Trinajstić information content (AvgIpc) is 3.74. The lowest BCUT2D eigenvalue weighted by atomic mass is 9.81. The van der Waals surface area contributed by atoms with Gasteiger partial charge in [0.25, 0.3) is 0 Å². The SMILES string of the molecule is CC1(C)c2ccccc2-c2ccc(N(c3ccccc3)c3ccc4cc5cc(N(c6ccccc6)c6ccc7c(c6)C(C)(C)c6cc(-c8ccc9ccccc9c8)ccc6-7)ccc5cc4c3)cc21. The van der Waals surface area contributed by atoms with Crippen molar-refractivity contribution in [2.75, 3.05) is 9.80 Å². The van der Waals surface area contributed by atoms with Crippen molar-refractivity contribution in [3.8, 4) is 33.4 Å². The molecule has 68 heavy (non-hydrogen) atoms. The van der Waals surface area contributed by atoms with Crippen LogP contribution in [0.2, 0.25) is 0 Å². The standard InChI is InChI=1S/C66H50N2/c1-65(2)61-22-14-13-21-57(61)59-33-30-55(41-63(59)65)67(51-17-7-5-8-18-51)53-28-25-46-37-50-39-54(29-26-47(50)36-49(46)38-53)68(52-19-9-6-10-20-52)56-31-34-60-58-32-27-48(40-62(58)66(3,4)64(60)42-56)45-24-23-43-15-11-12-16-44(43)35-45/h5-42H,1-4H3. The monoisotopic (exact) mass is 870 g/mol.